The Balaban J connectivity index is 1.97. The van der Waals surface area contributed by atoms with Gasteiger partial charge in [-0.3, -0.25) is 0 Å². The van der Waals surface area contributed by atoms with Crippen molar-refractivity contribution >= 4 is 21.6 Å². The van der Waals surface area contributed by atoms with Crippen LogP contribution >= 0.6 is 0 Å². The van der Waals surface area contributed by atoms with E-state index in [4.69, 9.17) is 5.73 Å². The molecule has 1 aromatic carbocycles. The Kier molecular flexibility index (Phi) is 4.84. The Morgan fingerprint density at radius 3 is 2.52 bits per heavy atom. The summed E-state index contributed by atoms with van der Waals surface area (Å²) in [5, 5.41) is 2.78. The molecule has 0 saturated carbocycles. The van der Waals surface area contributed by atoms with Crippen LogP contribution in [0.25, 0.3) is 0 Å². The predicted octanol–water partition coefficient (Wildman–Crippen LogP) is 1.36. The molecule has 0 aliphatic carbocycles. The molecule has 1 heterocycles. The molecule has 7 heteroatoms. The third-order valence-electron chi connectivity index (χ3n) is 3.53. The number of amides is 2. The zero-order chi connectivity index (χ0) is 15.5. The molecule has 21 heavy (non-hydrogen) atoms. The Morgan fingerprint density at radius 1 is 1.24 bits per heavy atom. The first kappa shape index (κ1) is 15.8. The third-order valence-corrected chi connectivity index (χ3v) is 5.25. The van der Waals surface area contributed by atoms with Crippen LogP contribution in [-0.4, -0.2) is 43.9 Å². The summed E-state index contributed by atoms with van der Waals surface area (Å²) in [6, 6.07) is 7.02. The molecule has 3 N–H and O–H groups in total. The van der Waals surface area contributed by atoms with Crippen molar-refractivity contribution in [2.24, 2.45) is 5.73 Å². The van der Waals surface area contributed by atoms with Gasteiger partial charge in [0, 0.05) is 24.8 Å². The summed E-state index contributed by atoms with van der Waals surface area (Å²) in [6.45, 7) is 2.60. The molecule has 2 amide bonds. The number of urea groups is 1. The summed E-state index contributed by atoms with van der Waals surface area (Å²) >= 11 is 0. The van der Waals surface area contributed by atoms with E-state index < -0.39 is 9.84 Å². The van der Waals surface area contributed by atoms with Gasteiger partial charge in [-0.1, -0.05) is 12.1 Å². The van der Waals surface area contributed by atoms with Crippen molar-refractivity contribution in [1.29, 1.82) is 0 Å². The van der Waals surface area contributed by atoms with Crippen LogP contribution in [0.2, 0.25) is 0 Å². The fourth-order valence-electron chi connectivity index (χ4n) is 2.21. The van der Waals surface area contributed by atoms with E-state index in [1.165, 1.54) is 0 Å². The molecule has 1 aliphatic rings. The van der Waals surface area contributed by atoms with Gasteiger partial charge in [0.25, 0.3) is 0 Å². The molecule has 1 fully saturated rings. The highest BCUT2D eigenvalue weighted by Gasteiger charge is 2.22. The van der Waals surface area contributed by atoms with E-state index in [1.54, 1.807) is 17.0 Å². The van der Waals surface area contributed by atoms with E-state index in [0.29, 0.717) is 18.7 Å². The van der Waals surface area contributed by atoms with Gasteiger partial charge in [0.1, 0.15) is 0 Å². The molecule has 0 aromatic heterocycles. The summed E-state index contributed by atoms with van der Waals surface area (Å²) in [5.41, 5.74) is 7.44. The average Bonchev–Trinajstić information content (AvgIpc) is 2.60. The van der Waals surface area contributed by atoms with Gasteiger partial charge in [-0.05, 0) is 31.0 Å². The summed E-state index contributed by atoms with van der Waals surface area (Å²) < 4.78 is 23.1. The van der Waals surface area contributed by atoms with Crippen LogP contribution in [0.5, 0.6) is 0 Å². The van der Waals surface area contributed by atoms with Gasteiger partial charge in [-0.25, -0.2) is 13.2 Å². The number of nitrogens with zero attached hydrogens (tertiary/aromatic N) is 1. The molecule has 0 spiro atoms. The summed E-state index contributed by atoms with van der Waals surface area (Å²) in [4.78, 5) is 13.7. The number of benzene rings is 1. The van der Waals surface area contributed by atoms with E-state index in [9.17, 15) is 13.2 Å². The number of carbonyl (C=O) groups excluding carboxylic acids is 1. The predicted molar refractivity (Wildman–Crippen MR) is 82.9 cm³/mol. The number of hydrogen-bond donors (Lipinski definition) is 2. The van der Waals surface area contributed by atoms with Gasteiger partial charge < -0.3 is 16.0 Å². The molecule has 2 rings (SSSR count). The van der Waals surface area contributed by atoms with E-state index in [0.717, 1.165) is 5.56 Å². The van der Waals surface area contributed by atoms with Crippen molar-refractivity contribution in [3.63, 3.8) is 0 Å². The smallest absolute Gasteiger partial charge is 0.321 e. The number of anilines is 1. The second-order valence-electron chi connectivity index (χ2n) is 5.33. The number of hydrogen-bond acceptors (Lipinski definition) is 4. The molecule has 1 unspecified atom stereocenters. The largest absolute Gasteiger partial charge is 0.324 e. The highest BCUT2D eigenvalue weighted by Crippen LogP contribution is 2.15. The lowest BCUT2D eigenvalue weighted by Gasteiger charge is -2.20. The summed E-state index contributed by atoms with van der Waals surface area (Å²) in [7, 11) is -3.01. The molecule has 1 atom stereocenters. The molecule has 116 valence electrons. The quantitative estimate of drug-likeness (QED) is 0.862. The van der Waals surface area contributed by atoms with Crippen LogP contribution < -0.4 is 11.1 Å². The maximum absolute atomic E-state index is 12.1. The van der Waals surface area contributed by atoms with Gasteiger partial charge in [0.2, 0.25) is 0 Å². The van der Waals surface area contributed by atoms with Gasteiger partial charge in [-0.15, -0.1) is 0 Å². The van der Waals surface area contributed by atoms with Crippen LogP contribution in [0.15, 0.2) is 24.3 Å². The second kappa shape index (κ2) is 6.44. The van der Waals surface area contributed by atoms with Crippen LogP contribution in [0.1, 0.15) is 24.9 Å². The Bertz CT molecular complexity index is 596. The van der Waals surface area contributed by atoms with E-state index in [1.807, 2.05) is 19.1 Å². The van der Waals surface area contributed by atoms with E-state index in [-0.39, 0.29) is 30.1 Å². The monoisotopic (exact) mass is 311 g/mol. The van der Waals surface area contributed by atoms with E-state index in [2.05, 4.69) is 5.32 Å². The molecule has 1 saturated heterocycles. The minimum absolute atomic E-state index is 0.0318. The van der Waals surface area contributed by atoms with Crippen LogP contribution in [0.3, 0.4) is 0 Å². The molecule has 6 nitrogen and oxygen atoms in total. The highest BCUT2D eigenvalue weighted by atomic mass is 32.2. The standard InChI is InChI=1S/C14H21N3O3S/c1-11(15)12-3-5-13(6-4-12)16-14(18)17-7-2-9-21(19,20)10-8-17/h3-6,11H,2,7-10,15H2,1H3,(H,16,18). The molecule has 1 aliphatic heterocycles. The third kappa shape index (κ3) is 4.44. The zero-order valence-electron chi connectivity index (χ0n) is 12.1. The minimum Gasteiger partial charge on any atom is -0.324 e. The van der Waals surface area contributed by atoms with Crippen molar-refractivity contribution in [1.82, 2.24) is 4.90 Å². The van der Waals surface area contributed by atoms with Gasteiger partial charge >= 0.3 is 6.03 Å². The molecular weight excluding hydrogens is 290 g/mol. The van der Waals surface area contributed by atoms with Gasteiger partial charge in [-0.2, -0.15) is 0 Å². The van der Waals surface area contributed by atoms with Crippen molar-refractivity contribution in [3.05, 3.63) is 29.8 Å². The van der Waals surface area contributed by atoms with Crippen LogP contribution in [-0.2, 0) is 9.84 Å². The summed E-state index contributed by atoms with van der Waals surface area (Å²) in [5.74, 6) is 0.184. The highest BCUT2D eigenvalue weighted by molar-refractivity contribution is 7.91. The Hall–Kier alpha value is -1.60. The first-order valence-corrected chi connectivity index (χ1v) is 8.81. The normalized spacial score (nSPS) is 19.6. The fraction of sp³-hybridized carbons (Fsp3) is 0.500. The number of nitrogens with one attached hydrogen (secondary N) is 1. The minimum atomic E-state index is -3.01. The topological polar surface area (TPSA) is 92.5 Å². The van der Waals surface area contributed by atoms with Crippen molar-refractivity contribution in [2.75, 3.05) is 29.9 Å². The summed E-state index contributed by atoms with van der Waals surface area (Å²) in [6.07, 6.45) is 0.485. The SMILES string of the molecule is CC(N)c1ccc(NC(=O)N2CCCS(=O)(=O)CC2)cc1. The lowest BCUT2D eigenvalue weighted by molar-refractivity contribution is 0.216. The molecule has 0 radical (unpaired) electrons. The Labute approximate surface area is 125 Å². The second-order valence-corrected chi connectivity index (χ2v) is 7.64. The maximum atomic E-state index is 12.1. The number of carbonyl (C=O) groups is 1. The van der Waals surface area contributed by atoms with Crippen molar-refractivity contribution in [2.45, 2.75) is 19.4 Å². The fourth-order valence-corrected chi connectivity index (χ4v) is 3.49. The average molecular weight is 311 g/mol. The van der Waals surface area contributed by atoms with Gasteiger partial charge in [0.15, 0.2) is 9.84 Å². The number of rotatable bonds is 2. The first-order valence-electron chi connectivity index (χ1n) is 6.99. The first-order chi connectivity index (χ1) is 9.87. The molecule has 1 aromatic rings. The van der Waals surface area contributed by atoms with Crippen LogP contribution in [0, 0.1) is 0 Å². The zero-order valence-corrected chi connectivity index (χ0v) is 12.9. The van der Waals surface area contributed by atoms with E-state index >= 15 is 0 Å². The van der Waals surface area contributed by atoms with Gasteiger partial charge in [0.05, 0.1) is 11.5 Å². The maximum Gasteiger partial charge on any atom is 0.321 e. The molecular formula is C14H21N3O3S. The lowest BCUT2D eigenvalue weighted by atomic mass is 10.1. The number of nitrogens with two attached hydrogens (primary N) is 1. The van der Waals surface area contributed by atoms with Crippen LogP contribution in [0.4, 0.5) is 10.5 Å². The Morgan fingerprint density at radius 2 is 1.90 bits per heavy atom. The molecule has 0 bridgehead atoms. The van der Waals surface area contributed by atoms with Crippen molar-refractivity contribution < 1.29 is 13.2 Å². The van der Waals surface area contributed by atoms with Crippen molar-refractivity contribution in [3.8, 4) is 0 Å². The number of sulfone groups is 1. The lowest BCUT2D eigenvalue weighted by Crippen LogP contribution is -2.37.